The van der Waals surface area contributed by atoms with Gasteiger partial charge in [0.15, 0.2) is 0 Å². The Hall–Kier alpha value is -2.12. The molecule has 1 amide bonds. The molecule has 0 unspecified atom stereocenters. The smallest absolute Gasteiger partial charge is 0.269 e. The summed E-state index contributed by atoms with van der Waals surface area (Å²) in [4.78, 5) is 12.0. The van der Waals surface area contributed by atoms with Crippen LogP contribution in [0.1, 0.15) is 111 Å². The van der Waals surface area contributed by atoms with Crippen molar-refractivity contribution in [2.75, 3.05) is 19.8 Å². The van der Waals surface area contributed by atoms with E-state index in [9.17, 15) is 4.79 Å². The summed E-state index contributed by atoms with van der Waals surface area (Å²) in [6.45, 7) is 23.2. The van der Waals surface area contributed by atoms with Gasteiger partial charge in [0.05, 0.1) is 0 Å². The molecule has 0 heterocycles. The van der Waals surface area contributed by atoms with Gasteiger partial charge in [-0.1, -0.05) is 85.9 Å². The molecule has 0 radical (unpaired) electrons. The van der Waals surface area contributed by atoms with Crippen molar-refractivity contribution in [3.05, 3.63) is 34.9 Å². The highest BCUT2D eigenvalue weighted by Gasteiger charge is 2.17. The number of terminal acetylenes is 1. The van der Waals surface area contributed by atoms with Gasteiger partial charge in [0.25, 0.3) is 5.91 Å². The van der Waals surface area contributed by atoms with E-state index in [-0.39, 0.29) is 17.0 Å². The van der Waals surface area contributed by atoms with E-state index < -0.39 is 0 Å². The molecule has 0 aromatic heterocycles. The molecule has 2 N–H and O–H groups in total. The summed E-state index contributed by atoms with van der Waals surface area (Å²) in [5.41, 5.74) is 3.11. The average molecular weight is 475 g/mol. The number of hydrogen-bond donors (Lipinski definition) is 2. The molecule has 196 valence electrons. The van der Waals surface area contributed by atoms with Gasteiger partial charge in [0.1, 0.15) is 5.71 Å². The fourth-order valence-electron chi connectivity index (χ4n) is 2.31. The van der Waals surface area contributed by atoms with Crippen LogP contribution in [0.5, 0.6) is 0 Å². The van der Waals surface area contributed by atoms with Gasteiger partial charge < -0.3 is 10.1 Å². The van der Waals surface area contributed by atoms with Gasteiger partial charge in [-0.3, -0.25) is 10.2 Å². The van der Waals surface area contributed by atoms with Crippen molar-refractivity contribution >= 4 is 11.6 Å². The number of benzene rings is 1. The van der Waals surface area contributed by atoms with E-state index in [2.05, 4.69) is 66.1 Å². The van der Waals surface area contributed by atoms with Crippen LogP contribution in [0.2, 0.25) is 0 Å². The lowest BCUT2D eigenvalue weighted by atomic mass is 9.86. The lowest BCUT2D eigenvalue weighted by Gasteiger charge is -2.22. The van der Waals surface area contributed by atoms with Crippen LogP contribution < -0.4 is 5.32 Å². The minimum Gasteiger partial charge on any atom is -0.381 e. The molecule has 34 heavy (non-hydrogen) atoms. The van der Waals surface area contributed by atoms with E-state index in [0.717, 1.165) is 55.6 Å². The first-order chi connectivity index (χ1) is 16.0. The van der Waals surface area contributed by atoms with E-state index in [4.69, 9.17) is 10.1 Å². The Balaban J connectivity index is -0.000000563. The van der Waals surface area contributed by atoms with Gasteiger partial charge in [-0.25, -0.2) is 0 Å². The van der Waals surface area contributed by atoms with Crippen molar-refractivity contribution in [3.8, 4) is 12.3 Å². The highest BCUT2D eigenvalue weighted by Crippen LogP contribution is 2.23. The van der Waals surface area contributed by atoms with Crippen LogP contribution in [0.15, 0.2) is 18.2 Å². The second-order valence-corrected chi connectivity index (χ2v) is 9.05. The maximum Gasteiger partial charge on any atom is 0.269 e. The van der Waals surface area contributed by atoms with Crippen LogP contribution in [0.4, 0.5) is 0 Å². The van der Waals surface area contributed by atoms with E-state index >= 15 is 0 Å². The van der Waals surface area contributed by atoms with Crippen LogP contribution in [0.25, 0.3) is 0 Å². The van der Waals surface area contributed by atoms with E-state index in [0.29, 0.717) is 6.54 Å². The molecule has 0 bridgehead atoms. The zero-order valence-electron chi connectivity index (χ0n) is 24.0. The van der Waals surface area contributed by atoms with Gasteiger partial charge in [-0.2, -0.15) is 0 Å². The Kier molecular flexibility index (Phi) is 25.7. The molecule has 1 aromatic rings. The monoisotopic (exact) mass is 474 g/mol. The number of carbonyl (C=O) groups is 1. The second kappa shape index (κ2) is 24.0. The molecule has 1 rings (SSSR count). The number of aryl methyl sites for hydroxylation is 1. The molecule has 1 aromatic carbocycles. The molecule has 0 saturated carbocycles. The average Bonchev–Trinajstić information content (AvgIpc) is 2.81. The maximum atomic E-state index is 12.0. The molecule has 0 aliphatic rings. The summed E-state index contributed by atoms with van der Waals surface area (Å²) < 4.78 is 5.13. The van der Waals surface area contributed by atoms with Crippen LogP contribution in [0, 0.1) is 37.0 Å². The van der Waals surface area contributed by atoms with Gasteiger partial charge in [0.2, 0.25) is 0 Å². The van der Waals surface area contributed by atoms with Crippen LogP contribution in [-0.4, -0.2) is 31.4 Å². The molecular weight excluding hydrogens is 420 g/mol. The minimum atomic E-state index is -0.286. The lowest BCUT2D eigenvalue weighted by molar-refractivity contribution is -0.114. The number of hydrogen-bond acceptors (Lipinski definition) is 3. The van der Waals surface area contributed by atoms with E-state index in [1.54, 1.807) is 6.92 Å². The maximum absolute atomic E-state index is 12.0. The number of amides is 1. The Labute approximate surface area is 212 Å². The number of unbranched alkanes of at least 4 members (excludes halogenated alkanes) is 1. The SMILES string of the molecule is C#CC.CCC(C)(C)CCNC(=O)C(=N)c1cccc(C)c1C.CCCC.CCCOCCC. The predicted molar refractivity (Wildman–Crippen MR) is 151 cm³/mol. The summed E-state index contributed by atoms with van der Waals surface area (Å²) in [7, 11) is 0. The summed E-state index contributed by atoms with van der Waals surface area (Å²) in [6.07, 6.45) is 11.5. The third-order valence-electron chi connectivity index (χ3n) is 5.34. The Morgan fingerprint density at radius 2 is 1.53 bits per heavy atom. The number of rotatable bonds is 11. The first-order valence-corrected chi connectivity index (χ1v) is 12.9. The number of ether oxygens (including phenoxy) is 1. The first kappa shape index (κ1) is 36.4. The first-order valence-electron chi connectivity index (χ1n) is 12.9. The quantitative estimate of drug-likeness (QED) is 0.195. The van der Waals surface area contributed by atoms with Crippen molar-refractivity contribution in [1.29, 1.82) is 5.41 Å². The lowest BCUT2D eigenvalue weighted by Crippen LogP contribution is -2.34. The molecule has 0 atom stereocenters. The summed E-state index contributed by atoms with van der Waals surface area (Å²) in [5, 5.41) is 10.9. The fourth-order valence-corrected chi connectivity index (χ4v) is 2.31. The molecule has 0 fully saturated rings. The van der Waals surface area contributed by atoms with Gasteiger partial charge in [0, 0.05) is 25.3 Å². The van der Waals surface area contributed by atoms with Crippen molar-refractivity contribution in [3.63, 3.8) is 0 Å². The summed E-state index contributed by atoms with van der Waals surface area (Å²) in [6, 6.07) is 5.72. The van der Waals surface area contributed by atoms with Crippen LogP contribution >= 0.6 is 0 Å². The third kappa shape index (κ3) is 20.5. The zero-order valence-corrected chi connectivity index (χ0v) is 24.0. The fraction of sp³-hybridized carbons (Fsp3) is 0.667. The molecular formula is C30H54N2O2. The van der Waals surface area contributed by atoms with E-state index in [1.165, 1.54) is 12.8 Å². The number of carbonyl (C=O) groups excluding carboxylic acids is 1. The molecule has 0 aliphatic heterocycles. The van der Waals surface area contributed by atoms with E-state index in [1.807, 2.05) is 32.0 Å². The van der Waals surface area contributed by atoms with Crippen molar-refractivity contribution < 1.29 is 9.53 Å². The molecule has 4 heteroatoms. The van der Waals surface area contributed by atoms with Crippen molar-refractivity contribution in [2.24, 2.45) is 5.41 Å². The summed E-state index contributed by atoms with van der Waals surface area (Å²) >= 11 is 0. The molecule has 0 aliphatic carbocycles. The normalized spacial score (nSPS) is 9.68. The Morgan fingerprint density at radius 1 is 1.03 bits per heavy atom. The standard InChI is InChI=1S/C17H26N2O.C6H14O.C4H10.C3H4/c1-6-17(4,5)10-11-19-16(20)15(18)14-9-7-8-12(2)13(14)3;1-3-5-7-6-4-2;1-3-4-2;1-3-2/h7-9,18H,6,10-11H2,1-5H3,(H,19,20);3-6H2,1-2H3;3-4H2,1-2H3;1H,2H3. The molecule has 4 nitrogen and oxygen atoms in total. The van der Waals surface area contributed by atoms with Gasteiger partial charge >= 0.3 is 0 Å². The Bertz CT molecular complexity index is 682. The minimum absolute atomic E-state index is 0.0560. The van der Waals surface area contributed by atoms with Crippen molar-refractivity contribution in [2.45, 2.75) is 108 Å². The van der Waals surface area contributed by atoms with Gasteiger partial charge in [-0.05, 0) is 56.6 Å². The molecule has 0 spiro atoms. The van der Waals surface area contributed by atoms with Crippen molar-refractivity contribution in [1.82, 2.24) is 5.32 Å². The molecule has 0 saturated heterocycles. The van der Waals surface area contributed by atoms with Crippen LogP contribution in [-0.2, 0) is 9.53 Å². The largest absolute Gasteiger partial charge is 0.381 e. The zero-order chi connectivity index (χ0) is 27.0. The third-order valence-corrected chi connectivity index (χ3v) is 5.34. The topological polar surface area (TPSA) is 62.2 Å². The number of nitrogens with one attached hydrogen (secondary N) is 2. The predicted octanol–water partition coefficient (Wildman–Crippen LogP) is 7.88. The van der Waals surface area contributed by atoms with Crippen LogP contribution in [0.3, 0.4) is 0 Å². The Morgan fingerprint density at radius 3 is 1.94 bits per heavy atom. The summed E-state index contributed by atoms with van der Waals surface area (Å²) in [5.74, 6) is 1.96. The van der Waals surface area contributed by atoms with Gasteiger partial charge in [-0.15, -0.1) is 12.3 Å². The highest BCUT2D eigenvalue weighted by atomic mass is 16.5. The highest BCUT2D eigenvalue weighted by molar-refractivity contribution is 6.44. The second-order valence-electron chi connectivity index (χ2n) is 9.05.